The van der Waals surface area contributed by atoms with Gasteiger partial charge in [0, 0.05) is 36.1 Å². The molecule has 0 aromatic heterocycles. The van der Waals surface area contributed by atoms with Gasteiger partial charge >= 0.3 is 0 Å². The molecule has 3 aromatic rings. The zero-order valence-corrected chi connectivity index (χ0v) is 22.6. The number of ether oxygens (including phenoxy) is 2. The number of carbonyl (C=O) groups is 1. The van der Waals surface area contributed by atoms with Gasteiger partial charge in [0.25, 0.3) is 0 Å². The highest BCUT2D eigenvalue weighted by atomic mass is 19.1. The van der Waals surface area contributed by atoms with Gasteiger partial charge in [-0.3, -0.25) is 4.79 Å². The van der Waals surface area contributed by atoms with E-state index in [1.165, 1.54) is 23.8 Å². The van der Waals surface area contributed by atoms with Crippen molar-refractivity contribution in [3.63, 3.8) is 0 Å². The van der Waals surface area contributed by atoms with Gasteiger partial charge in [-0.25, -0.2) is 13.2 Å². The molecule has 3 aromatic carbocycles. The van der Waals surface area contributed by atoms with Gasteiger partial charge in [0.1, 0.15) is 23.8 Å². The Kier molecular flexibility index (Phi) is 7.61. The first-order valence-corrected chi connectivity index (χ1v) is 13.6. The molecular weight excluding hydrogens is 503 g/mol. The number of carbonyl (C=O) groups excluding carboxylic acids is 1. The van der Waals surface area contributed by atoms with E-state index in [4.69, 9.17) is 9.47 Å². The Morgan fingerprint density at radius 3 is 2.49 bits per heavy atom. The highest BCUT2D eigenvalue weighted by Crippen LogP contribution is 2.38. The Bertz CT molecular complexity index is 1340. The van der Waals surface area contributed by atoms with Crippen LogP contribution in [0.1, 0.15) is 55.9 Å². The zero-order valence-electron chi connectivity index (χ0n) is 22.6. The summed E-state index contributed by atoms with van der Waals surface area (Å²) in [7, 11) is 0. The highest BCUT2D eigenvalue weighted by molar-refractivity contribution is 5.79. The van der Waals surface area contributed by atoms with Gasteiger partial charge in [-0.2, -0.15) is 0 Å². The van der Waals surface area contributed by atoms with E-state index in [9.17, 15) is 18.0 Å². The van der Waals surface area contributed by atoms with E-state index in [0.717, 1.165) is 19.3 Å². The maximum Gasteiger partial charge on any atom is 0.225 e. The van der Waals surface area contributed by atoms with E-state index in [-0.39, 0.29) is 30.5 Å². The summed E-state index contributed by atoms with van der Waals surface area (Å²) in [6.07, 6.45) is 3.35. The molecular formula is C32H34F3NO3. The summed E-state index contributed by atoms with van der Waals surface area (Å²) >= 11 is 0. The van der Waals surface area contributed by atoms with Crippen molar-refractivity contribution >= 4 is 5.91 Å². The molecule has 1 amide bonds. The molecule has 0 aliphatic carbocycles. The molecule has 7 heteroatoms. The molecule has 0 bridgehead atoms. The van der Waals surface area contributed by atoms with Crippen LogP contribution in [-0.2, 0) is 30.7 Å². The second-order valence-corrected chi connectivity index (χ2v) is 11.3. The van der Waals surface area contributed by atoms with Crippen LogP contribution in [0.5, 0.6) is 11.5 Å². The zero-order chi connectivity index (χ0) is 27.7. The van der Waals surface area contributed by atoms with Crippen LogP contribution >= 0.6 is 0 Å². The predicted octanol–water partition coefficient (Wildman–Crippen LogP) is 6.81. The lowest BCUT2D eigenvalue weighted by Crippen LogP contribution is -2.40. The molecule has 5 rings (SSSR count). The molecule has 2 aliphatic heterocycles. The fourth-order valence-electron chi connectivity index (χ4n) is 5.81. The first-order chi connectivity index (χ1) is 18.6. The Hall–Kier alpha value is -3.48. The Morgan fingerprint density at radius 1 is 1.05 bits per heavy atom. The number of amides is 1. The molecule has 0 radical (unpaired) electrons. The number of halogens is 3. The van der Waals surface area contributed by atoms with E-state index in [1.807, 2.05) is 36.9 Å². The fraction of sp³-hybridized carbons (Fsp3) is 0.406. The monoisotopic (exact) mass is 537 g/mol. The van der Waals surface area contributed by atoms with E-state index in [1.54, 1.807) is 13.0 Å². The van der Waals surface area contributed by atoms with Gasteiger partial charge in [-0.05, 0) is 74.9 Å². The van der Waals surface area contributed by atoms with Gasteiger partial charge in [0.05, 0.1) is 0 Å². The van der Waals surface area contributed by atoms with Crippen molar-refractivity contribution in [2.24, 2.45) is 5.92 Å². The second-order valence-electron chi connectivity index (χ2n) is 11.3. The average molecular weight is 538 g/mol. The summed E-state index contributed by atoms with van der Waals surface area (Å²) in [5, 5.41) is 0. The molecule has 1 fully saturated rings. The summed E-state index contributed by atoms with van der Waals surface area (Å²) in [6.45, 7) is 5.95. The van der Waals surface area contributed by atoms with E-state index in [0.29, 0.717) is 29.8 Å². The summed E-state index contributed by atoms with van der Waals surface area (Å²) in [5.74, 6) is -2.71. The number of fused-ring (bicyclic) bond motifs is 1. The van der Waals surface area contributed by atoms with Crippen LogP contribution in [0.25, 0.3) is 0 Å². The maximum atomic E-state index is 15.0. The number of benzene rings is 3. The minimum absolute atomic E-state index is 0.00637. The fourth-order valence-corrected chi connectivity index (χ4v) is 5.81. The summed E-state index contributed by atoms with van der Waals surface area (Å²) in [4.78, 5) is 15.2. The van der Waals surface area contributed by atoms with E-state index in [2.05, 4.69) is 12.1 Å². The number of hydrogen-bond donors (Lipinski definition) is 0. The topological polar surface area (TPSA) is 38.8 Å². The van der Waals surface area contributed by atoms with Gasteiger partial charge in [0.15, 0.2) is 17.4 Å². The standard InChI is InChI=1S/C32H34F3NO3/c1-20(31(37)36-13-7-10-23(36)15-21-8-5-4-6-9-21)14-22-16-27(34)30(28(35)17-22)38-19-25-24-18-32(2,3)39-29(24)12-11-26(25)33/h4-6,8-9,11-12,16-17,20,23H,7,10,13-15,18-19H2,1-3H3/t20-,23+/m1/s1. The van der Waals surface area contributed by atoms with Crippen molar-refractivity contribution in [2.45, 2.75) is 71.1 Å². The third kappa shape index (κ3) is 5.92. The Balaban J connectivity index is 1.24. The third-order valence-electron chi connectivity index (χ3n) is 7.68. The minimum Gasteiger partial charge on any atom is -0.487 e. The quantitative estimate of drug-likeness (QED) is 0.317. The van der Waals surface area contributed by atoms with Gasteiger partial charge < -0.3 is 14.4 Å². The lowest BCUT2D eigenvalue weighted by Gasteiger charge is -2.28. The van der Waals surface area contributed by atoms with E-state index >= 15 is 0 Å². The van der Waals surface area contributed by atoms with Crippen LogP contribution in [-0.4, -0.2) is 29.0 Å². The largest absolute Gasteiger partial charge is 0.487 e. The van der Waals surface area contributed by atoms with Crippen LogP contribution in [0, 0.1) is 23.4 Å². The van der Waals surface area contributed by atoms with Crippen LogP contribution in [0.2, 0.25) is 0 Å². The van der Waals surface area contributed by atoms with Crippen molar-refractivity contribution < 1.29 is 27.4 Å². The lowest BCUT2D eigenvalue weighted by atomic mass is 9.97. The van der Waals surface area contributed by atoms with Gasteiger partial charge in [-0.15, -0.1) is 0 Å². The number of rotatable bonds is 8. The molecule has 0 spiro atoms. The maximum absolute atomic E-state index is 15.0. The van der Waals surface area contributed by atoms with Crippen molar-refractivity contribution in [3.05, 3.63) is 94.3 Å². The Labute approximate surface area is 227 Å². The molecule has 0 N–H and O–H groups in total. The molecule has 0 unspecified atom stereocenters. The molecule has 2 atom stereocenters. The smallest absolute Gasteiger partial charge is 0.225 e. The predicted molar refractivity (Wildman–Crippen MR) is 143 cm³/mol. The van der Waals surface area contributed by atoms with Crippen LogP contribution in [0.4, 0.5) is 13.2 Å². The van der Waals surface area contributed by atoms with Gasteiger partial charge in [-0.1, -0.05) is 37.3 Å². The number of likely N-dealkylation sites (tertiary alicyclic amines) is 1. The van der Waals surface area contributed by atoms with Crippen LogP contribution in [0.3, 0.4) is 0 Å². The van der Waals surface area contributed by atoms with Crippen molar-refractivity contribution in [1.82, 2.24) is 4.90 Å². The molecule has 1 saturated heterocycles. The normalized spacial score (nSPS) is 18.5. The summed E-state index contributed by atoms with van der Waals surface area (Å²) < 4.78 is 55.9. The average Bonchev–Trinajstić information content (AvgIpc) is 3.47. The SMILES string of the molecule is C[C@H](Cc1cc(F)c(OCc2c(F)ccc3c2CC(C)(C)O3)c(F)c1)C(=O)N1CCC[C@H]1Cc1ccccc1. The summed E-state index contributed by atoms with van der Waals surface area (Å²) in [6, 6.07) is 15.5. The number of hydrogen-bond acceptors (Lipinski definition) is 3. The Morgan fingerprint density at radius 2 is 1.77 bits per heavy atom. The first-order valence-electron chi connectivity index (χ1n) is 13.6. The second kappa shape index (κ2) is 10.9. The molecule has 206 valence electrons. The van der Waals surface area contributed by atoms with Crippen molar-refractivity contribution in [1.29, 1.82) is 0 Å². The lowest BCUT2D eigenvalue weighted by molar-refractivity contribution is -0.135. The van der Waals surface area contributed by atoms with Crippen molar-refractivity contribution in [2.75, 3.05) is 6.54 Å². The number of nitrogens with zero attached hydrogens (tertiary/aromatic N) is 1. The molecule has 2 aliphatic rings. The third-order valence-corrected chi connectivity index (χ3v) is 7.68. The highest BCUT2D eigenvalue weighted by Gasteiger charge is 2.34. The minimum atomic E-state index is -0.877. The van der Waals surface area contributed by atoms with Gasteiger partial charge in [0.2, 0.25) is 5.91 Å². The van der Waals surface area contributed by atoms with Crippen molar-refractivity contribution in [3.8, 4) is 11.5 Å². The van der Waals surface area contributed by atoms with Crippen LogP contribution < -0.4 is 9.47 Å². The summed E-state index contributed by atoms with van der Waals surface area (Å²) in [5.41, 5.74) is 1.95. The molecule has 39 heavy (non-hydrogen) atoms. The molecule has 4 nitrogen and oxygen atoms in total. The molecule has 2 heterocycles. The van der Waals surface area contributed by atoms with E-state index < -0.39 is 34.7 Å². The first kappa shape index (κ1) is 27.1. The molecule has 0 saturated carbocycles. The van der Waals surface area contributed by atoms with Crippen LogP contribution in [0.15, 0.2) is 54.6 Å².